The van der Waals surface area contributed by atoms with E-state index < -0.39 is 0 Å². The SMILES string of the molecule is CNCCC(=O)N1CCOCC1Cc1ccccc1.Cl. The largest absolute Gasteiger partial charge is 0.377 e. The average molecular weight is 299 g/mol. The summed E-state index contributed by atoms with van der Waals surface area (Å²) in [7, 11) is 1.87. The van der Waals surface area contributed by atoms with Gasteiger partial charge in [-0.25, -0.2) is 0 Å². The van der Waals surface area contributed by atoms with Crippen molar-refractivity contribution in [1.82, 2.24) is 10.2 Å². The Labute approximate surface area is 126 Å². The summed E-state index contributed by atoms with van der Waals surface area (Å²) >= 11 is 0. The van der Waals surface area contributed by atoms with Crippen LogP contribution in [-0.4, -0.2) is 50.2 Å². The Morgan fingerprint density at radius 1 is 1.40 bits per heavy atom. The Bertz CT molecular complexity index is 400. The van der Waals surface area contributed by atoms with Crippen molar-refractivity contribution >= 4 is 18.3 Å². The highest BCUT2D eigenvalue weighted by Gasteiger charge is 2.26. The van der Waals surface area contributed by atoms with Crippen molar-refractivity contribution in [2.75, 3.05) is 33.4 Å². The highest BCUT2D eigenvalue weighted by molar-refractivity contribution is 5.85. The summed E-state index contributed by atoms with van der Waals surface area (Å²) in [5, 5.41) is 3.02. The van der Waals surface area contributed by atoms with E-state index in [-0.39, 0.29) is 24.4 Å². The topological polar surface area (TPSA) is 41.6 Å². The monoisotopic (exact) mass is 298 g/mol. The Kier molecular flexibility index (Phi) is 7.59. The molecule has 1 aliphatic heterocycles. The Hall–Kier alpha value is -1.10. The molecular formula is C15H23ClN2O2. The van der Waals surface area contributed by atoms with Crippen LogP contribution in [0.1, 0.15) is 12.0 Å². The van der Waals surface area contributed by atoms with Gasteiger partial charge in [-0.05, 0) is 19.0 Å². The van der Waals surface area contributed by atoms with E-state index in [4.69, 9.17) is 4.74 Å². The number of hydrogen-bond donors (Lipinski definition) is 1. The van der Waals surface area contributed by atoms with E-state index in [1.54, 1.807) is 0 Å². The molecule has 1 atom stereocenters. The summed E-state index contributed by atoms with van der Waals surface area (Å²) in [5.74, 6) is 0.221. The maximum atomic E-state index is 12.2. The minimum absolute atomic E-state index is 0. The molecule has 1 heterocycles. The van der Waals surface area contributed by atoms with Gasteiger partial charge in [0.25, 0.3) is 0 Å². The number of nitrogens with zero attached hydrogens (tertiary/aromatic N) is 1. The third-order valence-electron chi connectivity index (χ3n) is 3.45. The third kappa shape index (κ3) is 4.78. The van der Waals surface area contributed by atoms with Crippen molar-refractivity contribution in [3.8, 4) is 0 Å². The van der Waals surface area contributed by atoms with Crippen LogP contribution in [0.2, 0.25) is 0 Å². The minimum atomic E-state index is 0. The van der Waals surface area contributed by atoms with E-state index >= 15 is 0 Å². The smallest absolute Gasteiger partial charge is 0.224 e. The molecule has 0 saturated carbocycles. The van der Waals surface area contributed by atoms with Crippen molar-refractivity contribution in [3.63, 3.8) is 0 Å². The number of carbonyl (C=O) groups is 1. The van der Waals surface area contributed by atoms with Crippen molar-refractivity contribution in [3.05, 3.63) is 35.9 Å². The van der Waals surface area contributed by atoms with Gasteiger partial charge >= 0.3 is 0 Å². The molecule has 1 unspecified atom stereocenters. The molecule has 0 bridgehead atoms. The predicted molar refractivity (Wildman–Crippen MR) is 82.3 cm³/mol. The first-order valence-corrected chi connectivity index (χ1v) is 6.87. The molecule has 0 aliphatic carbocycles. The van der Waals surface area contributed by atoms with Gasteiger partial charge in [0.1, 0.15) is 0 Å². The number of halogens is 1. The van der Waals surface area contributed by atoms with Gasteiger partial charge < -0.3 is 15.0 Å². The average Bonchev–Trinajstić information content (AvgIpc) is 2.46. The second kappa shape index (κ2) is 8.95. The fourth-order valence-electron chi connectivity index (χ4n) is 2.41. The van der Waals surface area contributed by atoms with E-state index in [1.807, 2.05) is 30.1 Å². The van der Waals surface area contributed by atoms with Gasteiger partial charge in [-0.2, -0.15) is 0 Å². The number of morpholine rings is 1. The number of ether oxygens (including phenoxy) is 1. The lowest BCUT2D eigenvalue weighted by Gasteiger charge is -2.36. The van der Waals surface area contributed by atoms with Crippen LogP contribution in [0.4, 0.5) is 0 Å². The molecule has 20 heavy (non-hydrogen) atoms. The van der Waals surface area contributed by atoms with E-state index in [9.17, 15) is 4.79 Å². The highest BCUT2D eigenvalue weighted by atomic mass is 35.5. The lowest BCUT2D eigenvalue weighted by molar-refractivity contribution is -0.139. The van der Waals surface area contributed by atoms with Crippen LogP contribution in [0, 0.1) is 0 Å². The van der Waals surface area contributed by atoms with Crippen LogP contribution >= 0.6 is 12.4 Å². The molecule has 1 amide bonds. The van der Waals surface area contributed by atoms with Crippen LogP contribution in [0.25, 0.3) is 0 Å². The summed E-state index contributed by atoms with van der Waals surface area (Å²) in [5.41, 5.74) is 1.25. The first-order valence-electron chi connectivity index (χ1n) is 6.87. The van der Waals surface area contributed by atoms with Crippen LogP contribution in [0.5, 0.6) is 0 Å². The first kappa shape index (κ1) is 17.0. The molecule has 1 aliphatic rings. The van der Waals surface area contributed by atoms with Crippen molar-refractivity contribution < 1.29 is 9.53 Å². The molecule has 0 aromatic heterocycles. The molecule has 1 aromatic rings. The van der Waals surface area contributed by atoms with Crippen molar-refractivity contribution in [2.45, 2.75) is 18.9 Å². The fourth-order valence-corrected chi connectivity index (χ4v) is 2.41. The maximum absolute atomic E-state index is 12.2. The lowest BCUT2D eigenvalue weighted by atomic mass is 10.0. The minimum Gasteiger partial charge on any atom is -0.377 e. The molecule has 1 fully saturated rings. The van der Waals surface area contributed by atoms with Crippen molar-refractivity contribution in [2.24, 2.45) is 0 Å². The van der Waals surface area contributed by atoms with Gasteiger partial charge in [0.05, 0.1) is 19.3 Å². The summed E-state index contributed by atoms with van der Waals surface area (Å²) in [6.07, 6.45) is 1.42. The summed E-state index contributed by atoms with van der Waals surface area (Å²) in [6, 6.07) is 10.4. The zero-order valence-electron chi connectivity index (χ0n) is 11.9. The van der Waals surface area contributed by atoms with E-state index in [1.165, 1.54) is 5.56 Å². The van der Waals surface area contributed by atoms with Crippen LogP contribution in [0.15, 0.2) is 30.3 Å². The van der Waals surface area contributed by atoms with Crippen LogP contribution < -0.4 is 5.32 Å². The van der Waals surface area contributed by atoms with E-state index in [0.29, 0.717) is 26.2 Å². The normalized spacial score (nSPS) is 18.4. The second-order valence-corrected chi connectivity index (χ2v) is 4.86. The third-order valence-corrected chi connectivity index (χ3v) is 3.45. The standard InChI is InChI=1S/C15H22N2O2.ClH/c1-16-8-7-15(18)17-9-10-19-12-14(17)11-13-5-3-2-4-6-13;/h2-6,14,16H,7-12H2,1H3;1H. The van der Waals surface area contributed by atoms with Crippen LogP contribution in [-0.2, 0) is 16.0 Å². The molecule has 112 valence electrons. The van der Waals surface area contributed by atoms with Gasteiger partial charge in [0.15, 0.2) is 0 Å². The summed E-state index contributed by atoms with van der Waals surface area (Å²) < 4.78 is 5.53. The number of carbonyl (C=O) groups excluding carboxylic acids is 1. The number of rotatable bonds is 5. The summed E-state index contributed by atoms with van der Waals surface area (Å²) in [4.78, 5) is 14.2. The molecule has 1 N–H and O–H groups in total. The zero-order valence-corrected chi connectivity index (χ0v) is 12.7. The first-order chi connectivity index (χ1) is 9.31. The summed E-state index contributed by atoms with van der Waals surface area (Å²) in [6.45, 7) is 2.73. The fraction of sp³-hybridized carbons (Fsp3) is 0.533. The van der Waals surface area contributed by atoms with Gasteiger partial charge in [-0.15, -0.1) is 12.4 Å². The molecular weight excluding hydrogens is 276 g/mol. The molecule has 1 aromatic carbocycles. The van der Waals surface area contributed by atoms with Gasteiger partial charge in [0.2, 0.25) is 5.91 Å². The highest BCUT2D eigenvalue weighted by Crippen LogP contribution is 2.14. The second-order valence-electron chi connectivity index (χ2n) is 4.86. The number of nitrogens with one attached hydrogen (secondary N) is 1. The van der Waals surface area contributed by atoms with E-state index in [0.717, 1.165) is 13.0 Å². The number of benzene rings is 1. The molecule has 4 nitrogen and oxygen atoms in total. The molecule has 1 saturated heterocycles. The Balaban J connectivity index is 0.00000200. The maximum Gasteiger partial charge on any atom is 0.224 e. The van der Waals surface area contributed by atoms with Crippen LogP contribution in [0.3, 0.4) is 0 Å². The molecule has 0 spiro atoms. The predicted octanol–water partition coefficient (Wildman–Crippen LogP) is 1.49. The van der Waals surface area contributed by atoms with Crippen molar-refractivity contribution in [1.29, 1.82) is 0 Å². The zero-order chi connectivity index (χ0) is 13.5. The van der Waals surface area contributed by atoms with Gasteiger partial charge in [-0.3, -0.25) is 4.79 Å². The van der Waals surface area contributed by atoms with E-state index in [2.05, 4.69) is 17.4 Å². The molecule has 5 heteroatoms. The number of hydrogen-bond acceptors (Lipinski definition) is 3. The Morgan fingerprint density at radius 3 is 2.85 bits per heavy atom. The quantitative estimate of drug-likeness (QED) is 0.895. The van der Waals surface area contributed by atoms with Gasteiger partial charge in [-0.1, -0.05) is 30.3 Å². The van der Waals surface area contributed by atoms with Gasteiger partial charge in [0, 0.05) is 19.5 Å². The lowest BCUT2D eigenvalue weighted by Crippen LogP contribution is -2.50. The molecule has 0 radical (unpaired) electrons. The molecule has 2 rings (SSSR count). The number of amides is 1. The Morgan fingerprint density at radius 2 is 2.15 bits per heavy atom.